The summed E-state index contributed by atoms with van der Waals surface area (Å²) >= 11 is 0. The number of phosphoric acid groups is 1. The van der Waals surface area contributed by atoms with Gasteiger partial charge in [0, 0.05) is 12.8 Å². The van der Waals surface area contributed by atoms with Crippen LogP contribution in [-0.4, -0.2) is 74.9 Å². The zero-order chi connectivity index (χ0) is 55.6. The van der Waals surface area contributed by atoms with Crippen LogP contribution in [0.1, 0.15) is 271 Å². The number of likely N-dealkylation sites (N-methyl/N-ethyl adjacent to an activating group) is 1. The van der Waals surface area contributed by atoms with Crippen LogP contribution in [0.25, 0.3) is 0 Å². The van der Waals surface area contributed by atoms with Crippen molar-refractivity contribution in [2.75, 3.05) is 47.5 Å². The van der Waals surface area contributed by atoms with Crippen LogP contribution >= 0.6 is 7.82 Å². The Morgan fingerprint density at radius 2 is 0.750 bits per heavy atom. The molecule has 10 heteroatoms. The maximum Gasteiger partial charge on any atom is 0.472 e. The monoisotopic (exact) mass is 1080 g/mol. The number of ether oxygens (including phenoxy) is 2. The highest BCUT2D eigenvalue weighted by Gasteiger charge is 2.27. The van der Waals surface area contributed by atoms with Crippen LogP contribution in [0, 0.1) is 0 Å². The maximum absolute atomic E-state index is 12.8. The number of quaternary nitrogens is 1. The lowest BCUT2D eigenvalue weighted by atomic mass is 10.0. The smallest absolute Gasteiger partial charge is 0.462 e. The quantitative estimate of drug-likeness (QED) is 0.0211. The Balaban J connectivity index is 4.10. The molecule has 9 nitrogen and oxygen atoms in total. The predicted octanol–water partition coefficient (Wildman–Crippen LogP) is 19.8. The van der Waals surface area contributed by atoms with Gasteiger partial charge in [-0.1, -0.05) is 253 Å². The molecule has 0 saturated heterocycles. The van der Waals surface area contributed by atoms with Crippen LogP contribution < -0.4 is 0 Å². The normalized spacial score (nSPS) is 13.8. The van der Waals surface area contributed by atoms with Crippen LogP contribution in [0.5, 0.6) is 0 Å². The molecule has 0 bridgehead atoms. The number of esters is 2. The first-order valence-corrected chi connectivity index (χ1v) is 32.8. The van der Waals surface area contributed by atoms with Crippen molar-refractivity contribution in [1.29, 1.82) is 0 Å². The number of phosphoric ester groups is 1. The largest absolute Gasteiger partial charge is 0.472 e. The number of rotatable bonds is 57. The fourth-order valence-corrected chi connectivity index (χ4v) is 9.34. The second-order valence-corrected chi connectivity index (χ2v) is 23.5. The van der Waals surface area contributed by atoms with E-state index in [-0.39, 0.29) is 32.0 Å². The van der Waals surface area contributed by atoms with Crippen molar-refractivity contribution in [3.63, 3.8) is 0 Å². The van der Waals surface area contributed by atoms with E-state index >= 15 is 0 Å². The van der Waals surface area contributed by atoms with E-state index < -0.39 is 26.5 Å². The summed E-state index contributed by atoms with van der Waals surface area (Å²) in [7, 11) is 1.47. The summed E-state index contributed by atoms with van der Waals surface area (Å²) in [5.74, 6) is -0.806. The molecule has 0 spiro atoms. The number of hydrogen-bond acceptors (Lipinski definition) is 7. The van der Waals surface area contributed by atoms with E-state index in [4.69, 9.17) is 18.5 Å². The third kappa shape index (κ3) is 60.4. The number of allylic oxidation sites excluding steroid dienone is 14. The van der Waals surface area contributed by atoms with Gasteiger partial charge in [0.2, 0.25) is 0 Å². The molecule has 0 aliphatic carbocycles. The predicted molar refractivity (Wildman–Crippen MR) is 325 cm³/mol. The molecule has 0 aliphatic rings. The fraction of sp³-hybridized carbons (Fsp3) is 0.758. The van der Waals surface area contributed by atoms with Crippen molar-refractivity contribution in [3.8, 4) is 0 Å². The van der Waals surface area contributed by atoms with Crippen molar-refractivity contribution in [2.24, 2.45) is 0 Å². The molecule has 0 saturated carbocycles. The SMILES string of the molecule is CC/C=C\C/C=C\C/C=C\C/C=C\CCCCCCCCCCCCCCCCCCCCC(=O)OC(COC(=O)CCCCCCCC/C=C\C/C=C\C/C=C\CCCCCCC)COP(=O)(O)OCC[N+](C)(C)C. The first-order chi connectivity index (χ1) is 37.0. The van der Waals surface area contributed by atoms with Gasteiger partial charge in [0.1, 0.15) is 19.8 Å². The Hall–Kier alpha value is -2.81. The highest BCUT2D eigenvalue weighted by molar-refractivity contribution is 7.47. The van der Waals surface area contributed by atoms with Gasteiger partial charge in [-0.2, -0.15) is 0 Å². The van der Waals surface area contributed by atoms with Gasteiger partial charge in [-0.25, -0.2) is 4.57 Å². The minimum atomic E-state index is -4.39. The van der Waals surface area contributed by atoms with Crippen molar-refractivity contribution in [1.82, 2.24) is 0 Å². The molecule has 0 radical (unpaired) electrons. The summed E-state index contributed by atoms with van der Waals surface area (Å²) < 4.78 is 34.6. The van der Waals surface area contributed by atoms with E-state index in [9.17, 15) is 19.0 Å². The number of hydrogen-bond donors (Lipinski definition) is 1. The Bertz CT molecular complexity index is 1560. The molecule has 0 amide bonds. The fourth-order valence-electron chi connectivity index (χ4n) is 8.60. The van der Waals surface area contributed by atoms with Gasteiger partial charge in [-0.05, 0) is 89.9 Å². The molecule has 2 atom stereocenters. The lowest BCUT2D eigenvalue weighted by Crippen LogP contribution is -2.37. The van der Waals surface area contributed by atoms with Gasteiger partial charge in [0.25, 0.3) is 0 Å². The van der Waals surface area contributed by atoms with Crippen LogP contribution in [0.3, 0.4) is 0 Å². The molecule has 440 valence electrons. The van der Waals surface area contributed by atoms with Crippen molar-refractivity contribution in [2.45, 2.75) is 277 Å². The molecule has 0 aromatic carbocycles. The van der Waals surface area contributed by atoms with Gasteiger partial charge in [0.15, 0.2) is 6.10 Å². The first-order valence-electron chi connectivity index (χ1n) is 31.3. The lowest BCUT2D eigenvalue weighted by Gasteiger charge is -2.24. The van der Waals surface area contributed by atoms with Crippen molar-refractivity contribution < 1.29 is 42.1 Å². The van der Waals surface area contributed by atoms with E-state index in [1.54, 1.807) is 0 Å². The first kappa shape index (κ1) is 73.2. The maximum atomic E-state index is 12.8. The third-order valence-corrected chi connectivity index (χ3v) is 14.4. The minimum absolute atomic E-state index is 0.0273. The van der Waals surface area contributed by atoms with Crippen molar-refractivity contribution in [3.05, 3.63) is 85.1 Å². The molecule has 0 aromatic rings. The number of carbonyl (C=O) groups is 2. The van der Waals surface area contributed by atoms with Gasteiger partial charge in [0.05, 0.1) is 27.7 Å². The standard InChI is InChI=1S/C66H118NO8P/c1-6-8-10-12-14-16-18-20-22-24-26-28-29-30-31-32-33-34-35-36-37-39-41-43-45-47-49-51-53-55-57-59-66(69)75-64(63-74-76(70,71)73-61-60-67(3,4)5)62-72-65(68)58-56-54-52-50-48-46-44-42-40-38-27-25-23-21-19-17-15-13-11-9-7-2/h8,10,14,16,19-22,25-28,40,42,64H,6-7,9,11-13,15,17-18,23-24,29-39,41,43-63H2,1-5H3/p+1/b10-8-,16-14-,21-19-,22-20-,27-25-,28-26-,42-40-. The topological polar surface area (TPSA) is 108 Å². The number of nitrogens with zero attached hydrogens (tertiary/aromatic N) is 1. The Morgan fingerprint density at radius 3 is 1.12 bits per heavy atom. The summed E-state index contributed by atoms with van der Waals surface area (Å²) in [5, 5.41) is 0. The summed E-state index contributed by atoms with van der Waals surface area (Å²) in [5.41, 5.74) is 0. The highest BCUT2D eigenvalue weighted by atomic mass is 31.2. The summed E-state index contributed by atoms with van der Waals surface area (Å²) in [4.78, 5) is 35.8. The average Bonchev–Trinajstić information content (AvgIpc) is 3.38. The van der Waals surface area contributed by atoms with E-state index in [0.717, 1.165) is 83.5 Å². The van der Waals surface area contributed by atoms with Crippen LogP contribution in [0.2, 0.25) is 0 Å². The lowest BCUT2D eigenvalue weighted by molar-refractivity contribution is -0.870. The van der Waals surface area contributed by atoms with Crippen molar-refractivity contribution >= 4 is 19.8 Å². The van der Waals surface area contributed by atoms with Gasteiger partial charge in [-0.15, -0.1) is 0 Å². The molecular weight excluding hydrogens is 966 g/mol. The number of carbonyl (C=O) groups excluding carboxylic acids is 2. The summed E-state index contributed by atoms with van der Waals surface area (Å²) in [6, 6.07) is 0. The Morgan fingerprint density at radius 1 is 0.421 bits per heavy atom. The molecular formula is C66H119NO8P+. The molecule has 1 N–H and O–H groups in total. The molecule has 76 heavy (non-hydrogen) atoms. The van der Waals surface area contributed by atoms with Gasteiger partial charge < -0.3 is 18.9 Å². The second kappa shape index (κ2) is 56.9. The zero-order valence-electron chi connectivity index (χ0n) is 50.0. The molecule has 2 unspecified atom stereocenters. The zero-order valence-corrected chi connectivity index (χ0v) is 50.9. The third-order valence-electron chi connectivity index (χ3n) is 13.4. The van der Waals surface area contributed by atoms with E-state index in [1.807, 2.05) is 21.1 Å². The van der Waals surface area contributed by atoms with E-state index in [1.165, 1.54) is 154 Å². The number of unbranched alkanes of at least 4 members (excludes halogenated alkanes) is 29. The Kier molecular flexibility index (Phi) is 54.8. The highest BCUT2D eigenvalue weighted by Crippen LogP contribution is 2.43. The van der Waals surface area contributed by atoms with Gasteiger partial charge in [-0.3, -0.25) is 18.6 Å². The molecule has 0 heterocycles. The molecule has 0 rings (SSSR count). The average molecular weight is 1090 g/mol. The van der Waals surface area contributed by atoms with E-state index in [2.05, 4.69) is 98.9 Å². The molecule has 0 fully saturated rings. The van der Waals surface area contributed by atoms with Crippen LogP contribution in [0.15, 0.2) is 85.1 Å². The van der Waals surface area contributed by atoms with Crippen LogP contribution in [0.4, 0.5) is 0 Å². The van der Waals surface area contributed by atoms with E-state index in [0.29, 0.717) is 17.4 Å². The summed E-state index contributed by atoms with van der Waals surface area (Å²) in [6.45, 7) is 4.32. The summed E-state index contributed by atoms with van der Waals surface area (Å²) in [6.07, 6.45) is 76.6. The molecule has 0 aromatic heterocycles. The molecule has 0 aliphatic heterocycles. The minimum Gasteiger partial charge on any atom is -0.462 e. The van der Waals surface area contributed by atoms with Gasteiger partial charge >= 0.3 is 19.8 Å². The Labute approximate surface area is 469 Å². The van der Waals surface area contributed by atoms with Crippen LogP contribution in [-0.2, 0) is 32.7 Å². The second-order valence-electron chi connectivity index (χ2n) is 22.1.